The second kappa shape index (κ2) is 7.28. The maximum Gasteiger partial charge on any atom is 0.647 e. The first kappa shape index (κ1) is 20.9. The van der Waals surface area contributed by atoms with E-state index in [4.69, 9.17) is 18.0 Å². The first-order chi connectivity index (χ1) is 17.4. The molecule has 2 aliphatic rings. The van der Waals surface area contributed by atoms with Crippen LogP contribution in [0.1, 0.15) is 25.1 Å². The van der Waals surface area contributed by atoms with E-state index in [0.29, 0.717) is 29.0 Å². The molecular weight excluding hydrogens is 492 g/mol. The summed E-state index contributed by atoms with van der Waals surface area (Å²) in [5, 5.41) is 3.33. The second-order valence-electron chi connectivity index (χ2n) is 8.24. The number of aromatic amines is 1. The van der Waals surface area contributed by atoms with Gasteiger partial charge >= 0.3 is 7.82 Å². The van der Waals surface area contributed by atoms with Crippen LogP contribution in [0.25, 0.3) is 33.3 Å². The lowest BCUT2D eigenvalue weighted by atomic mass is 9.97. The third kappa shape index (κ3) is 2.94. The first-order valence-electron chi connectivity index (χ1n) is 11.0. The highest BCUT2D eigenvalue weighted by Gasteiger charge is 2.52. The van der Waals surface area contributed by atoms with Gasteiger partial charge in [0.25, 0.3) is 0 Å². The molecule has 0 saturated carbocycles. The summed E-state index contributed by atoms with van der Waals surface area (Å²) in [7, 11) is -3.84. The Kier molecular flexibility index (Phi) is 4.23. The van der Waals surface area contributed by atoms with Crippen molar-refractivity contribution in [3.63, 3.8) is 0 Å². The van der Waals surface area contributed by atoms with Gasteiger partial charge in [-0.1, -0.05) is 19.1 Å². The van der Waals surface area contributed by atoms with Crippen LogP contribution in [0.4, 0.5) is 10.2 Å². The highest BCUT2D eigenvalue weighted by atomic mass is 31.2. The molecule has 0 amide bonds. The minimum Gasteiger partial charge on any atom is -0.458 e. The van der Waals surface area contributed by atoms with Crippen LogP contribution in [0.2, 0.25) is 0 Å². The van der Waals surface area contributed by atoms with E-state index < -0.39 is 25.1 Å². The van der Waals surface area contributed by atoms with Gasteiger partial charge < -0.3 is 28.3 Å². The molecule has 2 aromatic carbocycles. The lowest BCUT2D eigenvalue weighted by molar-refractivity contribution is 0.355. The van der Waals surface area contributed by atoms with Gasteiger partial charge in [-0.05, 0) is 24.1 Å². The van der Waals surface area contributed by atoms with Crippen molar-refractivity contribution in [1.29, 1.82) is 0 Å². The molecule has 5 aromatic rings. The van der Waals surface area contributed by atoms with E-state index in [9.17, 15) is 13.8 Å². The maximum absolute atomic E-state index is 14.3. The Bertz CT molecular complexity index is 1840. The largest absolute Gasteiger partial charge is 0.647 e. The van der Waals surface area contributed by atoms with Crippen LogP contribution in [0.15, 0.2) is 52.2 Å². The number of nitrogens with zero attached hydrogens (tertiary/aromatic N) is 3. The highest BCUT2D eigenvalue weighted by molar-refractivity contribution is 7.50. The van der Waals surface area contributed by atoms with Crippen LogP contribution in [-0.4, -0.2) is 19.9 Å². The number of hydrogen-bond donors (Lipinski definition) is 2. The average Bonchev–Trinajstić information content (AvgIpc) is 3.55. The molecule has 0 radical (unpaired) electrons. The Morgan fingerprint density at radius 1 is 1.14 bits per heavy atom. The number of benzene rings is 2. The van der Waals surface area contributed by atoms with Gasteiger partial charge in [-0.3, -0.25) is 4.79 Å². The van der Waals surface area contributed by atoms with E-state index in [1.54, 1.807) is 6.07 Å². The first-order valence-corrected chi connectivity index (χ1v) is 12.4. The van der Waals surface area contributed by atoms with Crippen molar-refractivity contribution in [2.45, 2.75) is 19.4 Å². The molecule has 36 heavy (non-hydrogen) atoms. The van der Waals surface area contributed by atoms with Gasteiger partial charge in [0.2, 0.25) is 11.2 Å². The molecule has 5 heterocycles. The van der Waals surface area contributed by atoms with Crippen LogP contribution in [-0.2, 0) is 4.57 Å². The summed E-state index contributed by atoms with van der Waals surface area (Å²) in [4.78, 5) is 29.5. The van der Waals surface area contributed by atoms with Crippen LogP contribution >= 0.6 is 7.82 Å². The number of fused-ring (bicyclic) bond motifs is 4. The second-order valence-corrected chi connectivity index (χ2v) is 9.68. The molecule has 3 aromatic heterocycles. The van der Waals surface area contributed by atoms with Gasteiger partial charge in [-0.2, -0.15) is 4.57 Å². The molecule has 2 bridgehead atoms. The molecule has 1 unspecified atom stereocenters. The molecule has 0 saturated heterocycles. The van der Waals surface area contributed by atoms with Gasteiger partial charge in [0.1, 0.15) is 34.4 Å². The summed E-state index contributed by atoms with van der Waals surface area (Å²) in [5.41, 5.74) is 1.13. The summed E-state index contributed by atoms with van der Waals surface area (Å²) in [6.45, 7) is 1.90. The molecule has 0 fully saturated rings. The Balaban J connectivity index is 1.48. The third-order valence-corrected chi connectivity index (χ3v) is 7.31. The fraction of sp³-hybridized carbons (Fsp3) is 0.130. The molecule has 2 N–H and O–H groups in total. The molecule has 2 aliphatic heterocycles. The molecule has 180 valence electrons. The summed E-state index contributed by atoms with van der Waals surface area (Å²) in [6.07, 6.45) is 3.34. The zero-order chi connectivity index (χ0) is 24.6. The average molecular weight is 507 g/mol. The van der Waals surface area contributed by atoms with Crippen molar-refractivity contribution in [1.82, 2.24) is 19.9 Å². The number of rotatable bonds is 5. The predicted octanol–water partition coefficient (Wildman–Crippen LogP) is 5.10. The zero-order valence-electron chi connectivity index (χ0n) is 18.4. The number of H-pyrrole nitrogens is 1. The van der Waals surface area contributed by atoms with E-state index in [0.717, 1.165) is 0 Å². The number of phosphoric ester groups is 1. The van der Waals surface area contributed by atoms with Gasteiger partial charge in [-0.15, -0.1) is 0 Å². The maximum atomic E-state index is 14.3. The van der Waals surface area contributed by atoms with Crippen molar-refractivity contribution in [3.05, 3.63) is 64.8 Å². The van der Waals surface area contributed by atoms with Crippen molar-refractivity contribution < 1.29 is 26.9 Å². The minimum atomic E-state index is -3.84. The van der Waals surface area contributed by atoms with Gasteiger partial charge in [0, 0.05) is 6.07 Å². The third-order valence-electron chi connectivity index (χ3n) is 6.07. The Morgan fingerprint density at radius 2 is 2.00 bits per heavy atom. The highest BCUT2D eigenvalue weighted by Crippen LogP contribution is 2.70. The smallest absolute Gasteiger partial charge is 0.458 e. The Labute approximate surface area is 200 Å². The minimum absolute atomic E-state index is 0.00832. The van der Waals surface area contributed by atoms with E-state index in [2.05, 4.69) is 25.3 Å². The molecule has 11 nitrogen and oxygen atoms in total. The van der Waals surface area contributed by atoms with E-state index in [1.165, 1.54) is 36.9 Å². The van der Waals surface area contributed by atoms with Crippen LogP contribution < -0.4 is 24.3 Å². The van der Waals surface area contributed by atoms with E-state index in [-0.39, 0.29) is 39.5 Å². The summed E-state index contributed by atoms with van der Waals surface area (Å²) < 4.78 is 49.0. The lowest BCUT2D eigenvalue weighted by Crippen LogP contribution is -2.18. The number of aromatic nitrogens is 4. The van der Waals surface area contributed by atoms with Gasteiger partial charge in [0.05, 0.1) is 17.9 Å². The molecule has 7 rings (SSSR count). The fourth-order valence-electron chi connectivity index (χ4n) is 4.49. The van der Waals surface area contributed by atoms with Crippen LogP contribution in [0, 0.1) is 5.82 Å². The topological polar surface area (TPSA) is 141 Å². The molecular formula is C23H15FN5O6P. The number of hydrogen-bond acceptors (Lipinski definition) is 10. The van der Waals surface area contributed by atoms with Crippen LogP contribution in [0.3, 0.4) is 0 Å². The van der Waals surface area contributed by atoms with Gasteiger partial charge in [-0.25, -0.2) is 19.3 Å². The standard InChI is InChI=1S/C23H15FN5O6P/c1-2-12(29-23-17-22(26-8-25-17)27-9-28-23)19-15(10-4-3-5-11(24)6-10)18(30)16-13(32-19)7-14-20-21(16)35-36(31,33-14)34-20/h3-9,12H,2H2,1H3,(H2,25,26,27,28,29)/t12-,36?/m0/s1. The Morgan fingerprint density at radius 3 is 2.81 bits per heavy atom. The number of halogens is 1. The van der Waals surface area contributed by atoms with Crippen molar-refractivity contribution in [2.75, 3.05) is 5.32 Å². The summed E-state index contributed by atoms with van der Waals surface area (Å²) in [6, 6.07) is 6.53. The molecule has 0 aliphatic carbocycles. The van der Waals surface area contributed by atoms with Crippen molar-refractivity contribution >= 4 is 35.8 Å². The SMILES string of the molecule is CC[C@H](Nc1ncnc2nc[nH]c12)c1oc2cc3c4c(c2c(=O)c1-c1cccc(F)c1)OP(=O)(O3)O4. The number of phosphoric acid groups is 1. The molecule has 2 atom stereocenters. The number of anilines is 1. The predicted molar refractivity (Wildman–Crippen MR) is 126 cm³/mol. The Hall–Kier alpha value is -4.44. The summed E-state index contributed by atoms with van der Waals surface area (Å²) in [5.74, 6) is 0.424. The number of imidazole rings is 1. The monoisotopic (exact) mass is 507 g/mol. The summed E-state index contributed by atoms with van der Waals surface area (Å²) >= 11 is 0. The lowest BCUT2D eigenvalue weighted by Gasteiger charge is -2.21. The molecule has 13 heteroatoms. The quantitative estimate of drug-likeness (QED) is 0.309. The van der Waals surface area contributed by atoms with Crippen molar-refractivity contribution in [2.24, 2.45) is 0 Å². The zero-order valence-corrected chi connectivity index (χ0v) is 19.3. The normalized spacial score (nSPS) is 18.2. The van der Waals surface area contributed by atoms with E-state index >= 15 is 0 Å². The van der Waals surface area contributed by atoms with Gasteiger partial charge in [0.15, 0.2) is 23.0 Å². The molecule has 0 spiro atoms. The van der Waals surface area contributed by atoms with E-state index in [1.807, 2.05) is 6.92 Å². The fourth-order valence-corrected chi connectivity index (χ4v) is 5.78. The van der Waals surface area contributed by atoms with Crippen LogP contribution in [0.5, 0.6) is 17.2 Å². The van der Waals surface area contributed by atoms with Crippen molar-refractivity contribution in [3.8, 4) is 28.4 Å². The number of nitrogens with one attached hydrogen (secondary N) is 2.